The fraction of sp³-hybridized carbons (Fsp3) is 0.383. The first-order valence-corrected chi connectivity index (χ1v) is 23.1. The molecule has 338 valence electrons. The van der Waals surface area contributed by atoms with Gasteiger partial charge in [-0.25, -0.2) is 9.67 Å². The predicted molar refractivity (Wildman–Crippen MR) is 248 cm³/mol. The van der Waals surface area contributed by atoms with E-state index in [1.807, 2.05) is 100 Å². The number of hydrogen-bond acceptors (Lipinski definition) is 13. The Morgan fingerprint density at radius 1 is 0.969 bits per heavy atom. The molecule has 18 heteroatoms. The first-order chi connectivity index (χ1) is 30.9. The van der Waals surface area contributed by atoms with Crippen LogP contribution in [0.2, 0.25) is 0 Å². The number of likely N-dealkylation sites (tertiary alicyclic amines) is 1. The van der Waals surface area contributed by atoms with Gasteiger partial charge in [0.1, 0.15) is 29.0 Å². The summed E-state index contributed by atoms with van der Waals surface area (Å²) >= 11 is 3.19. The molecule has 65 heavy (non-hydrogen) atoms. The normalized spacial score (nSPS) is 18.0. The SMILES string of the molecule is COC(=O)C[C@@H]1N=C(c2ccc(-n3cc(C(=O)N[C@H](C(=O)N4C[C@H](O)C[C@H]4C(=O)N[C@@H](C)c4ccc(-c5scnc5C)cc4)C(C)(C)C)cn3)cc2)c2c(sc(C)c2C)-n2c(C)nnc21. The maximum Gasteiger partial charge on any atom is 0.308 e. The van der Waals surface area contributed by atoms with Crippen LogP contribution < -0.4 is 10.6 Å². The van der Waals surface area contributed by atoms with E-state index in [-0.39, 0.29) is 36.9 Å². The van der Waals surface area contributed by atoms with Crippen LogP contribution in [0.3, 0.4) is 0 Å². The van der Waals surface area contributed by atoms with Gasteiger partial charge in [-0.3, -0.25) is 28.7 Å². The molecule has 3 amide bonds. The molecule has 0 radical (unpaired) electrons. The second-order valence-electron chi connectivity index (χ2n) is 17.7. The van der Waals surface area contributed by atoms with Crippen LogP contribution in [0.15, 0.2) is 71.4 Å². The molecule has 8 rings (SSSR count). The van der Waals surface area contributed by atoms with Crippen molar-refractivity contribution >= 4 is 52.1 Å². The Bertz CT molecular complexity index is 2810. The second-order valence-corrected chi connectivity index (χ2v) is 19.7. The number of fused-ring (bicyclic) bond motifs is 3. The summed E-state index contributed by atoms with van der Waals surface area (Å²) in [7, 11) is 1.35. The number of carbonyl (C=O) groups excluding carboxylic acids is 4. The van der Waals surface area contributed by atoms with E-state index in [0.717, 1.165) is 48.3 Å². The fourth-order valence-corrected chi connectivity index (χ4v) is 10.4. The number of β-amino-alcohol motifs (C(OH)–C–C–N with tert-alkyl or cyclic N) is 1. The predicted octanol–water partition coefficient (Wildman–Crippen LogP) is 6.31. The number of carbonyl (C=O) groups is 4. The van der Waals surface area contributed by atoms with Crippen LogP contribution in [0.5, 0.6) is 0 Å². The first kappa shape index (κ1) is 45.2. The van der Waals surface area contributed by atoms with Gasteiger partial charge in [0.25, 0.3) is 5.91 Å². The van der Waals surface area contributed by atoms with Crippen LogP contribution in [0.4, 0.5) is 0 Å². The number of esters is 1. The monoisotopic (exact) mass is 916 g/mol. The molecule has 2 aromatic carbocycles. The third-order valence-corrected chi connectivity index (χ3v) is 14.3. The van der Waals surface area contributed by atoms with Crippen molar-refractivity contribution in [2.45, 2.75) is 98.5 Å². The quantitative estimate of drug-likeness (QED) is 0.124. The summed E-state index contributed by atoms with van der Waals surface area (Å²) in [6, 6.07) is 12.5. The van der Waals surface area contributed by atoms with Crippen LogP contribution in [0, 0.1) is 33.1 Å². The van der Waals surface area contributed by atoms with E-state index in [0.29, 0.717) is 23.0 Å². The average molecular weight is 917 g/mol. The van der Waals surface area contributed by atoms with Gasteiger partial charge in [0, 0.05) is 35.2 Å². The van der Waals surface area contributed by atoms with Crippen LogP contribution in [0.1, 0.15) is 107 Å². The van der Waals surface area contributed by atoms with E-state index in [2.05, 4.69) is 44.8 Å². The van der Waals surface area contributed by atoms with Crippen molar-refractivity contribution in [3.63, 3.8) is 0 Å². The highest BCUT2D eigenvalue weighted by atomic mass is 32.1. The number of aliphatic imine (C=N–C) groups is 1. The van der Waals surface area contributed by atoms with E-state index in [4.69, 9.17) is 9.73 Å². The van der Waals surface area contributed by atoms with Crippen molar-refractivity contribution in [3.05, 3.63) is 116 Å². The largest absolute Gasteiger partial charge is 0.469 e. The molecule has 6 aromatic rings. The molecule has 0 spiro atoms. The number of aliphatic hydroxyl groups excluding tert-OH is 1. The van der Waals surface area contributed by atoms with Gasteiger partial charge in [0.15, 0.2) is 5.82 Å². The van der Waals surface area contributed by atoms with Crippen molar-refractivity contribution in [2.75, 3.05) is 13.7 Å². The number of hydrogen-bond donors (Lipinski definition) is 3. The Hall–Kier alpha value is -6.37. The van der Waals surface area contributed by atoms with Gasteiger partial charge in [-0.05, 0) is 68.9 Å². The van der Waals surface area contributed by atoms with Crippen LogP contribution in [0.25, 0.3) is 21.1 Å². The number of nitrogens with zero attached hydrogens (tertiary/aromatic N) is 8. The average Bonchev–Trinajstić information content (AvgIpc) is 4.12. The molecule has 2 aliphatic heterocycles. The molecule has 0 bridgehead atoms. The third-order valence-electron chi connectivity index (χ3n) is 12.1. The maximum absolute atomic E-state index is 14.4. The van der Waals surface area contributed by atoms with Gasteiger partial charge in [0.2, 0.25) is 11.8 Å². The molecule has 4 aromatic heterocycles. The number of aryl methyl sites for hydroxylation is 3. The van der Waals surface area contributed by atoms with E-state index in [1.165, 1.54) is 18.2 Å². The van der Waals surface area contributed by atoms with Crippen molar-refractivity contribution in [3.8, 4) is 21.1 Å². The molecular weight excluding hydrogens is 865 g/mol. The highest BCUT2D eigenvalue weighted by Crippen LogP contribution is 2.40. The molecule has 0 aliphatic carbocycles. The van der Waals surface area contributed by atoms with E-state index >= 15 is 0 Å². The number of thiazole rings is 1. The van der Waals surface area contributed by atoms with Crippen LogP contribution in [-0.4, -0.2) is 101 Å². The van der Waals surface area contributed by atoms with Crippen molar-refractivity contribution < 1.29 is 29.0 Å². The van der Waals surface area contributed by atoms with Gasteiger partial charge >= 0.3 is 5.97 Å². The first-order valence-electron chi connectivity index (χ1n) is 21.4. The lowest BCUT2D eigenvalue weighted by atomic mass is 9.85. The summed E-state index contributed by atoms with van der Waals surface area (Å²) in [5.74, 6) is -0.530. The van der Waals surface area contributed by atoms with Gasteiger partial charge in [-0.1, -0.05) is 57.2 Å². The maximum atomic E-state index is 14.4. The molecule has 3 N–H and O–H groups in total. The molecule has 0 unspecified atom stereocenters. The smallest absolute Gasteiger partial charge is 0.308 e. The summed E-state index contributed by atoms with van der Waals surface area (Å²) < 4.78 is 8.57. The Balaban J connectivity index is 0.978. The third kappa shape index (κ3) is 8.89. The van der Waals surface area contributed by atoms with Crippen LogP contribution in [-0.2, 0) is 19.1 Å². The number of benzene rings is 2. The lowest BCUT2D eigenvalue weighted by Crippen LogP contribution is -2.57. The van der Waals surface area contributed by atoms with Crippen molar-refractivity contribution in [1.82, 2.24) is 45.1 Å². The molecule has 6 heterocycles. The minimum Gasteiger partial charge on any atom is -0.469 e. The zero-order chi connectivity index (χ0) is 46.5. The number of rotatable bonds is 11. The summed E-state index contributed by atoms with van der Waals surface area (Å²) in [6.45, 7) is 15.3. The number of amides is 3. The van der Waals surface area contributed by atoms with E-state index in [1.54, 1.807) is 33.6 Å². The number of methoxy groups -OCH3 is 1. The second kappa shape index (κ2) is 17.9. The number of nitrogens with one attached hydrogen (secondary N) is 2. The number of aliphatic hydroxyl groups is 1. The number of thiophene rings is 1. The lowest BCUT2D eigenvalue weighted by molar-refractivity contribution is -0.142. The Kier molecular flexibility index (Phi) is 12.4. The Morgan fingerprint density at radius 2 is 1.68 bits per heavy atom. The van der Waals surface area contributed by atoms with Gasteiger partial charge < -0.3 is 25.4 Å². The minimum absolute atomic E-state index is 0.0109. The number of ether oxygens (including phenoxy) is 1. The molecule has 16 nitrogen and oxygen atoms in total. The standard InChI is InChI=1S/C47H52N10O6S2/c1-24-27(4)65-46-38(24)39(51-35(19-37(59)63-9)42-54-53-28(5)57(42)46)30-14-16-33(17-15-30)56-21-32(20-49-56)43(60)52-41(47(6,7)8)45(62)55-22-34(58)18-36(55)44(61)50-25(2)29-10-12-31(13-11-29)40-26(3)48-23-64-40/h10-17,20-21,23,25,34-36,41,58H,18-19,22H2,1-9H3,(H,50,61)(H,52,60)/t25-,34+,35-,36-,41+/m0/s1. The topological polar surface area (TPSA) is 199 Å². The number of aromatic nitrogens is 6. The molecule has 1 fully saturated rings. The van der Waals surface area contributed by atoms with Gasteiger partial charge in [-0.15, -0.1) is 32.9 Å². The van der Waals surface area contributed by atoms with Crippen LogP contribution >= 0.6 is 22.7 Å². The summed E-state index contributed by atoms with van der Waals surface area (Å²) in [4.78, 5) is 67.7. The minimum atomic E-state index is -1.03. The van der Waals surface area contributed by atoms with Crippen molar-refractivity contribution in [1.29, 1.82) is 0 Å². The molecule has 5 atom stereocenters. The molecule has 2 aliphatic rings. The van der Waals surface area contributed by atoms with Gasteiger partial charge in [0.05, 0.1) is 64.9 Å². The van der Waals surface area contributed by atoms with E-state index < -0.39 is 47.4 Å². The highest BCUT2D eigenvalue weighted by Gasteiger charge is 2.45. The summed E-state index contributed by atoms with van der Waals surface area (Å²) in [5.41, 5.74) is 8.35. The molecular formula is C47H52N10O6S2. The lowest BCUT2D eigenvalue weighted by Gasteiger charge is -2.35. The zero-order valence-corrected chi connectivity index (χ0v) is 39.4. The zero-order valence-electron chi connectivity index (χ0n) is 37.7. The Labute approximate surface area is 384 Å². The van der Waals surface area contributed by atoms with E-state index in [9.17, 15) is 24.3 Å². The Morgan fingerprint density at radius 3 is 2.34 bits per heavy atom. The summed E-state index contributed by atoms with van der Waals surface area (Å²) in [6.07, 6.45) is 2.18. The highest BCUT2D eigenvalue weighted by molar-refractivity contribution is 7.15. The fourth-order valence-electron chi connectivity index (χ4n) is 8.35. The molecule has 1 saturated heterocycles. The molecule has 0 saturated carbocycles. The van der Waals surface area contributed by atoms with Gasteiger partial charge in [-0.2, -0.15) is 5.10 Å². The van der Waals surface area contributed by atoms with Crippen molar-refractivity contribution in [2.24, 2.45) is 10.4 Å². The summed E-state index contributed by atoms with van der Waals surface area (Å²) in [5, 5.41) is 30.9.